The van der Waals surface area contributed by atoms with Gasteiger partial charge >= 0.3 is 0 Å². The number of carbonyl (C=O) groups excluding carboxylic acids is 1. The summed E-state index contributed by atoms with van der Waals surface area (Å²) in [6, 6.07) is 5.23. The van der Waals surface area contributed by atoms with Crippen molar-refractivity contribution in [3.8, 4) is 0 Å². The van der Waals surface area contributed by atoms with Crippen LogP contribution in [-0.4, -0.2) is 37.5 Å². The normalized spacial score (nSPS) is 12.7. The first kappa shape index (κ1) is 17.8. The Kier molecular flexibility index (Phi) is 6.99. The summed E-state index contributed by atoms with van der Waals surface area (Å²) in [5.74, 6) is 0.423. The molecular weight excluding hydrogens is 286 g/mol. The maximum Gasteiger partial charge on any atom is 0.251 e. The number of hydrogen-bond acceptors (Lipinski definition) is 3. The summed E-state index contributed by atoms with van der Waals surface area (Å²) in [5.41, 5.74) is 6.72. The van der Waals surface area contributed by atoms with Gasteiger partial charge in [0.1, 0.15) is 0 Å². The Hall–Kier alpha value is -1.26. The van der Waals surface area contributed by atoms with E-state index in [-0.39, 0.29) is 5.91 Å². The van der Waals surface area contributed by atoms with Crippen LogP contribution in [0.5, 0.6) is 0 Å². The molecule has 0 fully saturated rings. The van der Waals surface area contributed by atoms with Gasteiger partial charge in [0.25, 0.3) is 5.91 Å². The van der Waals surface area contributed by atoms with Crippen molar-refractivity contribution in [2.75, 3.05) is 26.4 Å². The third-order valence-electron chi connectivity index (χ3n) is 3.91. The van der Waals surface area contributed by atoms with Crippen molar-refractivity contribution in [1.29, 1.82) is 0 Å². The van der Waals surface area contributed by atoms with Crippen molar-refractivity contribution < 1.29 is 4.79 Å². The first-order valence-corrected chi connectivity index (χ1v) is 7.77. The van der Waals surface area contributed by atoms with Gasteiger partial charge in [0.15, 0.2) is 0 Å². The molecule has 0 saturated carbocycles. The van der Waals surface area contributed by atoms with Crippen molar-refractivity contribution in [2.45, 2.75) is 32.7 Å². The van der Waals surface area contributed by atoms with E-state index in [0.717, 1.165) is 12.8 Å². The number of likely N-dealkylation sites (N-methyl/N-ethyl adjacent to an activating group) is 1. The topological polar surface area (TPSA) is 58.4 Å². The van der Waals surface area contributed by atoms with Crippen LogP contribution in [0.1, 0.15) is 37.0 Å². The van der Waals surface area contributed by atoms with Crippen LogP contribution in [0.15, 0.2) is 18.2 Å². The molecule has 0 aliphatic carbocycles. The molecule has 0 aromatic heterocycles. The highest BCUT2D eigenvalue weighted by molar-refractivity contribution is 6.31. The molecule has 118 valence electrons. The number of nitrogen functional groups attached to an aromatic ring is 1. The van der Waals surface area contributed by atoms with Crippen LogP contribution in [0, 0.1) is 5.92 Å². The minimum Gasteiger partial charge on any atom is -0.399 e. The van der Waals surface area contributed by atoms with E-state index in [9.17, 15) is 4.79 Å². The lowest BCUT2D eigenvalue weighted by atomic mass is 9.93. The molecule has 4 nitrogen and oxygen atoms in total. The molecule has 1 aromatic rings. The average Bonchev–Trinajstić information content (AvgIpc) is 2.41. The highest BCUT2D eigenvalue weighted by atomic mass is 35.5. The Bertz CT molecular complexity index is 452. The van der Waals surface area contributed by atoms with E-state index >= 15 is 0 Å². The molecule has 1 unspecified atom stereocenters. The lowest BCUT2D eigenvalue weighted by Gasteiger charge is -2.31. The molecule has 0 radical (unpaired) electrons. The van der Waals surface area contributed by atoms with Crippen LogP contribution in [0.4, 0.5) is 5.69 Å². The van der Waals surface area contributed by atoms with Crippen LogP contribution >= 0.6 is 11.6 Å². The Morgan fingerprint density at radius 3 is 2.38 bits per heavy atom. The number of amides is 1. The molecule has 0 saturated heterocycles. The highest BCUT2D eigenvalue weighted by Crippen LogP contribution is 2.18. The highest BCUT2D eigenvalue weighted by Gasteiger charge is 2.21. The average molecular weight is 312 g/mol. The number of anilines is 1. The van der Waals surface area contributed by atoms with Crippen molar-refractivity contribution in [1.82, 2.24) is 10.2 Å². The fraction of sp³-hybridized carbons (Fsp3) is 0.562. The van der Waals surface area contributed by atoms with Gasteiger partial charge in [-0.3, -0.25) is 4.79 Å². The van der Waals surface area contributed by atoms with Crippen molar-refractivity contribution in [3.05, 3.63) is 28.8 Å². The first-order chi connectivity index (χ1) is 9.88. The maximum absolute atomic E-state index is 12.2. The molecule has 0 bridgehead atoms. The van der Waals surface area contributed by atoms with Gasteiger partial charge in [0, 0.05) is 28.9 Å². The minimum atomic E-state index is -0.137. The summed E-state index contributed by atoms with van der Waals surface area (Å²) in [6.07, 6.45) is 2.19. The third-order valence-corrected chi connectivity index (χ3v) is 4.13. The molecule has 0 aliphatic rings. The second-order valence-corrected chi connectivity index (χ2v) is 6.03. The van der Waals surface area contributed by atoms with E-state index in [1.165, 1.54) is 0 Å². The van der Waals surface area contributed by atoms with E-state index in [2.05, 4.69) is 24.1 Å². The molecule has 3 N–H and O–H groups in total. The Labute approximate surface area is 132 Å². The monoisotopic (exact) mass is 311 g/mol. The van der Waals surface area contributed by atoms with Gasteiger partial charge in [0.05, 0.1) is 0 Å². The fourth-order valence-electron chi connectivity index (χ4n) is 2.65. The Morgan fingerprint density at radius 1 is 1.29 bits per heavy atom. The molecule has 0 aliphatic heterocycles. The summed E-state index contributed by atoms with van der Waals surface area (Å²) >= 11 is 5.93. The van der Waals surface area contributed by atoms with Gasteiger partial charge in [0.2, 0.25) is 0 Å². The van der Waals surface area contributed by atoms with Crippen LogP contribution in [-0.2, 0) is 0 Å². The van der Waals surface area contributed by atoms with E-state index in [1.54, 1.807) is 18.2 Å². The standard InChI is InChI=1S/C16H26ClN3O/c1-5-11(6-2)15(20(3)4)10-19-16(21)12-7-13(17)9-14(18)8-12/h7-9,11,15H,5-6,10,18H2,1-4H3,(H,19,21). The molecule has 0 heterocycles. The van der Waals surface area contributed by atoms with Crippen molar-refractivity contribution >= 4 is 23.2 Å². The molecule has 1 atom stereocenters. The summed E-state index contributed by atoms with van der Waals surface area (Å²) in [6.45, 7) is 4.99. The van der Waals surface area contributed by atoms with Gasteiger partial charge in [-0.25, -0.2) is 0 Å². The summed E-state index contributed by atoms with van der Waals surface area (Å²) < 4.78 is 0. The van der Waals surface area contributed by atoms with Crippen molar-refractivity contribution in [3.63, 3.8) is 0 Å². The molecule has 5 heteroatoms. The van der Waals surface area contributed by atoms with Gasteiger partial charge < -0.3 is 16.0 Å². The van der Waals surface area contributed by atoms with E-state index in [1.807, 2.05) is 14.1 Å². The molecular formula is C16H26ClN3O. The largest absolute Gasteiger partial charge is 0.399 e. The molecule has 0 spiro atoms. The number of hydrogen-bond donors (Lipinski definition) is 2. The second-order valence-electron chi connectivity index (χ2n) is 5.59. The summed E-state index contributed by atoms with van der Waals surface area (Å²) in [7, 11) is 4.10. The molecule has 1 amide bonds. The Morgan fingerprint density at radius 2 is 1.90 bits per heavy atom. The van der Waals surface area contributed by atoms with E-state index in [0.29, 0.717) is 34.8 Å². The predicted molar refractivity (Wildman–Crippen MR) is 89.7 cm³/mol. The van der Waals surface area contributed by atoms with Crippen LogP contribution in [0.2, 0.25) is 5.02 Å². The molecule has 1 aromatic carbocycles. The van der Waals surface area contributed by atoms with Crippen LogP contribution in [0.3, 0.4) is 0 Å². The quantitative estimate of drug-likeness (QED) is 0.761. The van der Waals surface area contributed by atoms with Gasteiger partial charge in [-0.2, -0.15) is 0 Å². The molecule has 21 heavy (non-hydrogen) atoms. The maximum atomic E-state index is 12.2. The Balaban J connectivity index is 2.73. The first-order valence-electron chi connectivity index (χ1n) is 7.39. The SMILES string of the molecule is CCC(CC)C(CNC(=O)c1cc(N)cc(Cl)c1)N(C)C. The minimum absolute atomic E-state index is 0.137. The van der Waals surface area contributed by atoms with E-state index < -0.39 is 0 Å². The zero-order valence-corrected chi connectivity index (χ0v) is 14.1. The van der Waals surface area contributed by atoms with E-state index in [4.69, 9.17) is 17.3 Å². The van der Waals surface area contributed by atoms with Gasteiger partial charge in [-0.1, -0.05) is 38.3 Å². The number of nitrogens with two attached hydrogens (primary N) is 1. The number of halogens is 1. The number of rotatable bonds is 7. The van der Waals surface area contributed by atoms with Gasteiger partial charge in [-0.15, -0.1) is 0 Å². The lowest BCUT2D eigenvalue weighted by Crippen LogP contribution is -2.44. The number of carbonyl (C=O) groups is 1. The fourth-order valence-corrected chi connectivity index (χ4v) is 2.89. The summed E-state index contributed by atoms with van der Waals surface area (Å²) in [5, 5.41) is 3.47. The molecule has 1 rings (SSSR count). The smallest absolute Gasteiger partial charge is 0.251 e. The predicted octanol–water partition coefficient (Wildman–Crippen LogP) is 3.02. The lowest BCUT2D eigenvalue weighted by molar-refractivity contribution is 0.0929. The number of nitrogens with zero attached hydrogens (tertiary/aromatic N) is 1. The van der Waals surface area contributed by atoms with Gasteiger partial charge in [-0.05, 0) is 38.2 Å². The second kappa shape index (κ2) is 8.25. The zero-order valence-electron chi connectivity index (χ0n) is 13.3. The van der Waals surface area contributed by atoms with Crippen molar-refractivity contribution in [2.24, 2.45) is 5.92 Å². The zero-order chi connectivity index (χ0) is 16.0. The summed E-state index contributed by atoms with van der Waals surface area (Å²) in [4.78, 5) is 14.4. The number of benzene rings is 1. The number of nitrogens with one attached hydrogen (secondary N) is 1. The third kappa shape index (κ3) is 5.21. The van der Waals surface area contributed by atoms with Crippen LogP contribution in [0.25, 0.3) is 0 Å². The van der Waals surface area contributed by atoms with Crippen LogP contribution < -0.4 is 11.1 Å².